The minimum absolute atomic E-state index is 0.0549. The van der Waals surface area contributed by atoms with E-state index >= 15 is 0 Å². The van der Waals surface area contributed by atoms with Crippen LogP contribution < -0.4 is 10.6 Å². The van der Waals surface area contributed by atoms with E-state index < -0.39 is 0 Å². The highest BCUT2D eigenvalue weighted by molar-refractivity contribution is 6.30. The van der Waals surface area contributed by atoms with Gasteiger partial charge in [0.1, 0.15) is 0 Å². The summed E-state index contributed by atoms with van der Waals surface area (Å²) in [7, 11) is 0. The van der Waals surface area contributed by atoms with Gasteiger partial charge >= 0.3 is 6.03 Å². The topological polar surface area (TPSA) is 44.4 Å². The molecule has 0 radical (unpaired) electrons. The SMILES string of the molecule is C[C@@H]1CN(C(=O)Nc2ccc(Cl)cc2)CCN1. The Bertz CT molecular complexity index is 393. The number of amides is 2. The third kappa shape index (κ3) is 3.35. The molecule has 1 fully saturated rings. The maximum absolute atomic E-state index is 12.0. The van der Waals surface area contributed by atoms with Crippen molar-refractivity contribution in [2.24, 2.45) is 0 Å². The van der Waals surface area contributed by atoms with Gasteiger partial charge < -0.3 is 15.5 Å². The van der Waals surface area contributed by atoms with Crippen molar-refractivity contribution in [1.29, 1.82) is 0 Å². The number of hydrogen-bond donors (Lipinski definition) is 2. The summed E-state index contributed by atoms with van der Waals surface area (Å²) in [6.45, 7) is 4.39. The molecule has 0 unspecified atom stereocenters. The summed E-state index contributed by atoms with van der Waals surface area (Å²) in [6.07, 6.45) is 0. The summed E-state index contributed by atoms with van der Waals surface area (Å²) in [4.78, 5) is 13.8. The number of piperazine rings is 1. The van der Waals surface area contributed by atoms with Crippen LogP contribution in [0.1, 0.15) is 6.92 Å². The van der Waals surface area contributed by atoms with Crippen molar-refractivity contribution in [2.45, 2.75) is 13.0 Å². The summed E-state index contributed by atoms with van der Waals surface area (Å²) in [5, 5.41) is 6.82. The smallest absolute Gasteiger partial charge is 0.321 e. The number of carbonyl (C=O) groups excluding carboxylic acids is 1. The molecule has 1 aromatic carbocycles. The molecule has 5 heteroatoms. The molecule has 1 heterocycles. The van der Waals surface area contributed by atoms with E-state index in [-0.39, 0.29) is 6.03 Å². The number of urea groups is 1. The molecular formula is C12H16ClN3O. The average Bonchev–Trinajstić information content (AvgIpc) is 2.32. The van der Waals surface area contributed by atoms with E-state index in [0.29, 0.717) is 11.1 Å². The number of halogens is 1. The van der Waals surface area contributed by atoms with Crippen molar-refractivity contribution in [3.63, 3.8) is 0 Å². The van der Waals surface area contributed by atoms with Gasteiger partial charge in [0.2, 0.25) is 0 Å². The van der Waals surface area contributed by atoms with Crippen LogP contribution in [0.15, 0.2) is 24.3 Å². The first-order valence-corrected chi connectivity index (χ1v) is 6.08. The van der Waals surface area contributed by atoms with Crippen LogP contribution in [0.5, 0.6) is 0 Å². The zero-order valence-electron chi connectivity index (χ0n) is 9.74. The fourth-order valence-electron chi connectivity index (χ4n) is 1.85. The molecule has 1 aromatic rings. The first-order valence-electron chi connectivity index (χ1n) is 5.70. The predicted molar refractivity (Wildman–Crippen MR) is 69.5 cm³/mol. The Balaban J connectivity index is 1.94. The van der Waals surface area contributed by atoms with Gasteiger partial charge in [-0.3, -0.25) is 0 Å². The number of carbonyl (C=O) groups is 1. The third-order valence-corrected chi connectivity index (χ3v) is 3.00. The minimum atomic E-state index is -0.0549. The normalized spacial score (nSPS) is 20.1. The first-order chi connectivity index (χ1) is 8.15. The standard InChI is InChI=1S/C12H16ClN3O/c1-9-8-16(7-6-14-9)12(17)15-11-4-2-10(13)3-5-11/h2-5,9,14H,6-8H2,1H3,(H,15,17)/t9-/m1/s1. The molecule has 17 heavy (non-hydrogen) atoms. The van der Waals surface area contributed by atoms with E-state index in [4.69, 9.17) is 11.6 Å². The van der Waals surface area contributed by atoms with Crippen LogP contribution in [0.3, 0.4) is 0 Å². The summed E-state index contributed by atoms with van der Waals surface area (Å²) >= 11 is 5.78. The predicted octanol–water partition coefficient (Wildman–Crippen LogP) is 2.17. The van der Waals surface area contributed by atoms with Gasteiger partial charge in [-0.25, -0.2) is 4.79 Å². The first kappa shape index (κ1) is 12.2. The number of nitrogens with one attached hydrogen (secondary N) is 2. The third-order valence-electron chi connectivity index (χ3n) is 2.75. The summed E-state index contributed by atoms with van der Waals surface area (Å²) in [6, 6.07) is 7.41. The van der Waals surface area contributed by atoms with Crippen LogP contribution in [0.25, 0.3) is 0 Å². The maximum Gasteiger partial charge on any atom is 0.321 e. The summed E-state index contributed by atoms with van der Waals surface area (Å²) in [5.74, 6) is 0. The largest absolute Gasteiger partial charge is 0.322 e. The zero-order chi connectivity index (χ0) is 12.3. The molecule has 1 aliphatic rings. The second-order valence-electron chi connectivity index (χ2n) is 4.24. The lowest BCUT2D eigenvalue weighted by atomic mass is 10.2. The number of nitrogens with zero attached hydrogens (tertiary/aromatic N) is 1. The van der Waals surface area contributed by atoms with Crippen LogP contribution in [-0.4, -0.2) is 36.6 Å². The van der Waals surface area contributed by atoms with Crippen molar-refractivity contribution in [2.75, 3.05) is 25.0 Å². The van der Waals surface area contributed by atoms with Gasteiger partial charge in [-0.2, -0.15) is 0 Å². The lowest BCUT2D eigenvalue weighted by molar-refractivity contribution is 0.192. The monoisotopic (exact) mass is 253 g/mol. The molecule has 1 atom stereocenters. The summed E-state index contributed by atoms with van der Waals surface area (Å²) in [5.41, 5.74) is 0.769. The Labute approximate surface area is 106 Å². The van der Waals surface area contributed by atoms with Crippen molar-refractivity contribution in [3.05, 3.63) is 29.3 Å². The molecule has 0 bridgehead atoms. The Kier molecular flexibility index (Phi) is 3.86. The highest BCUT2D eigenvalue weighted by atomic mass is 35.5. The number of benzene rings is 1. The molecule has 4 nitrogen and oxygen atoms in total. The highest BCUT2D eigenvalue weighted by Crippen LogP contribution is 2.14. The van der Waals surface area contributed by atoms with Gasteiger partial charge in [0.15, 0.2) is 0 Å². The Hall–Kier alpha value is -1.26. The van der Waals surface area contributed by atoms with E-state index in [0.717, 1.165) is 25.3 Å². The van der Waals surface area contributed by atoms with Gasteiger partial charge in [-0.1, -0.05) is 11.6 Å². The second-order valence-corrected chi connectivity index (χ2v) is 4.67. The van der Waals surface area contributed by atoms with Gasteiger partial charge in [0.25, 0.3) is 0 Å². The molecule has 0 aliphatic carbocycles. The van der Waals surface area contributed by atoms with E-state index in [9.17, 15) is 4.79 Å². The van der Waals surface area contributed by atoms with E-state index in [1.165, 1.54) is 0 Å². The van der Waals surface area contributed by atoms with Gasteiger partial charge in [0.05, 0.1) is 0 Å². The molecule has 92 valence electrons. The zero-order valence-corrected chi connectivity index (χ0v) is 10.5. The molecule has 2 N–H and O–H groups in total. The van der Waals surface area contributed by atoms with E-state index in [1.54, 1.807) is 24.3 Å². The molecule has 0 spiro atoms. The quantitative estimate of drug-likeness (QED) is 0.806. The Morgan fingerprint density at radius 3 is 2.82 bits per heavy atom. The van der Waals surface area contributed by atoms with E-state index in [1.807, 2.05) is 4.90 Å². The number of rotatable bonds is 1. The molecule has 2 amide bonds. The van der Waals surface area contributed by atoms with Crippen molar-refractivity contribution >= 4 is 23.3 Å². The van der Waals surface area contributed by atoms with Crippen molar-refractivity contribution in [1.82, 2.24) is 10.2 Å². The molecule has 0 saturated carbocycles. The molecule has 1 saturated heterocycles. The molecular weight excluding hydrogens is 238 g/mol. The second kappa shape index (κ2) is 5.38. The van der Waals surface area contributed by atoms with E-state index in [2.05, 4.69) is 17.6 Å². The van der Waals surface area contributed by atoms with Gasteiger partial charge in [-0.15, -0.1) is 0 Å². The van der Waals surface area contributed by atoms with Crippen molar-refractivity contribution in [3.8, 4) is 0 Å². The number of anilines is 1. The molecule has 2 rings (SSSR count). The minimum Gasteiger partial charge on any atom is -0.322 e. The van der Waals surface area contributed by atoms with Crippen LogP contribution in [0.4, 0.5) is 10.5 Å². The average molecular weight is 254 g/mol. The van der Waals surface area contributed by atoms with Gasteiger partial charge in [0, 0.05) is 36.4 Å². The fourth-order valence-corrected chi connectivity index (χ4v) is 1.98. The van der Waals surface area contributed by atoms with Crippen LogP contribution in [0, 0.1) is 0 Å². The van der Waals surface area contributed by atoms with Crippen LogP contribution in [-0.2, 0) is 0 Å². The van der Waals surface area contributed by atoms with Crippen LogP contribution >= 0.6 is 11.6 Å². The fraction of sp³-hybridized carbons (Fsp3) is 0.417. The van der Waals surface area contributed by atoms with Crippen molar-refractivity contribution < 1.29 is 4.79 Å². The van der Waals surface area contributed by atoms with Gasteiger partial charge in [-0.05, 0) is 31.2 Å². The number of hydrogen-bond acceptors (Lipinski definition) is 2. The summed E-state index contributed by atoms with van der Waals surface area (Å²) < 4.78 is 0. The maximum atomic E-state index is 12.0. The Morgan fingerprint density at radius 1 is 1.47 bits per heavy atom. The molecule has 0 aromatic heterocycles. The Morgan fingerprint density at radius 2 is 2.18 bits per heavy atom. The molecule has 1 aliphatic heterocycles. The lowest BCUT2D eigenvalue weighted by Crippen LogP contribution is -2.52. The highest BCUT2D eigenvalue weighted by Gasteiger charge is 2.20. The van der Waals surface area contributed by atoms with Crippen LogP contribution in [0.2, 0.25) is 5.02 Å². The lowest BCUT2D eigenvalue weighted by Gasteiger charge is -2.31.